The summed E-state index contributed by atoms with van der Waals surface area (Å²) in [6.07, 6.45) is 0.940. The monoisotopic (exact) mass is 393 g/mol. The maximum Gasteiger partial charge on any atom is 0.325 e. The number of carbonyl (C=O) groups is 3. The van der Waals surface area contributed by atoms with Crippen molar-refractivity contribution in [1.29, 1.82) is 0 Å². The summed E-state index contributed by atoms with van der Waals surface area (Å²) in [6, 6.07) is 2.89. The number of nitrogens with one attached hydrogen (secondary N) is 2. The van der Waals surface area contributed by atoms with Crippen molar-refractivity contribution in [3.63, 3.8) is 0 Å². The Labute approximate surface area is 164 Å². The minimum Gasteiger partial charge on any atom is -0.493 e. The molecular formula is C19H27N3O6. The third kappa shape index (κ3) is 3.97. The van der Waals surface area contributed by atoms with E-state index in [-0.39, 0.29) is 19.0 Å². The number of hydrogen-bond acceptors (Lipinski definition) is 6. The number of rotatable bonds is 9. The molecule has 0 saturated carbocycles. The van der Waals surface area contributed by atoms with Crippen molar-refractivity contribution in [2.45, 2.75) is 38.8 Å². The molecule has 9 nitrogen and oxygen atoms in total. The molecular weight excluding hydrogens is 366 g/mol. The van der Waals surface area contributed by atoms with Crippen molar-refractivity contribution >= 4 is 17.8 Å². The number of methoxy groups -OCH3 is 3. The van der Waals surface area contributed by atoms with Crippen LogP contribution >= 0.6 is 0 Å². The van der Waals surface area contributed by atoms with Gasteiger partial charge in [0.25, 0.3) is 5.91 Å². The minimum atomic E-state index is -0.923. The molecule has 0 radical (unpaired) electrons. The fourth-order valence-electron chi connectivity index (χ4n) is 3.19. The lowest BCUT2D eigenvalue weighted by molar-refractivity contribution is -0.135. The zero-order chi connectivity index (χ0) is 20.9. The first kappa shape index (κ1) is 21.3. The number of imide groups is 1. The van der Waals surface area contributed by atoms with Gasteiger partial charge in [0.1, 0.15) is 12.1 Å². The summed E-state index contributed by atoms with van der Waals surface area (Å²) < 4.78 is 15.8. The lowest BCUT2D eigenvalue weighted by Crippen LogP contribution is -2.46. The molecule has 2 rings (SSSR count). The molecule has 0 atom stereocenters. The highest BCUT2D eigenvalue weighted by Gasteiger charge is 2.49. The summed E-state index contributed by atoms with van der Waals surface area (Å²) in [4.78, 5) is 38.0. The molecule has 1 aromatic carbocycles. The number of urea groups is 1. The van der Waals surface area contributed by atoms with Crippen molar-refractivity contribution in [2.75, 3.05) is 27.9 Å². The Kier molecular flexibility index (Phi) is 6.71. The average molecular weight is 393 g/mol. The first-order valence-corrected chi connectivity index (χ1v) is 9.05. The molecule has 0 unspecified atom stereocenters. The van der Waals surface area contributed by atoms with E-state index in [0.29, 0.717) is 30.1 Å². The second-order valence-corrected chi connectivity index (χ2v) is 6.42. The van der Waals surface area contributed by atoms with Crippen LogP contribution in [0.1, 0.15) is 32.3 Å². The normalized spacial score (nSPS) is 15.2. The summed E-state index contributed by atoms with van der Waals surface area (Å²) in [5.74, 6) is 0.576. The summed E-state index contributed by atoms with van der Waals surface area (Å²) in [7, 11) is 4.52. The predicted octanol–water partition coefficient (Wildman–Crippen LogP) is 1.44. The molecule has 0 spiro atoms. The van der Waals surface area contributed by atoms with Crippen molar-refractivity contribution in [2.24, 2.45) is 0 Å². The van der Waals surface area contributed by atoms with Gasteiger partial charge in [-0.2, -0.15) is 0 Å². The molecule has 28 heavy (non-hydrogen) atoms. The first-order valence-electron chi connectivity index (χ1n) is 9.05. The van der Waals surface area contributed by atoms with Crippen LogP contribution in [0.3, 0.4) is 0 Å². The molecule has 0 bridgehead atoms. The highest BCUT2D eigenvalue weighted by atomic mass is 16.5. The Morgan fingerprint density at radius 1 is 1.07 bits per heavy atom. The number of nitrogens with zero attached hydrogens (tertiary/aromatic N) is 1. The van der Waals surface area contributed by atoms with E-state index in [2.05, 4.69) is 10.6 Å². The van der Waals surface area contributed by atoms with E-state index in [9.17, 15) is 14.4 Å². The molecule has 1 aliphatic rings. The third-order valence-corrected chi connectivity index (χ3v) is 4.97. The quantitative estimate of drug-likeness (QED) is 0.615. The third-order valence-electron chi connectivity index (χ3n) is 4.97. The lowest BCUT2D eigenvalue weighted by Gasteiger charge is -2.23. The Balaban J connectivity index is 2.05. The Morgan fingerprint density at radius 3 is 2.07 bits per heavy atom. The smallest absolute Gasteiger partial charge is 0.325 e. The van der Waals surface area contributed by atoms with Gasteiger partial charge in [-0.25, -0.2) is 4.79 Å². The van der Waals surface area contributed by atoms with Crippen molar-refractivity contribution in [1.82, 2.24) is 15.5 Å². The number of amides is 4. The van der Waals surface area contributed by atoms with Crippen LogP contribution in [0.25, 0.3) is 0 Å². The second-order valence-electron chi connectivity index (χ2n) is 6.42. The lowest BCUT2D eigenvalue weighted by atomic mass is 9.93. The highest BCUT2D eigenvalue weighted by molar-refractivity contribution is 6.08. The standard InChI is InChI=1S/C19H27N3O6/c1-6-19(7-2)17(24)22(18(25)21-19)11-15(23)20-10-12-8-13(26-3)16(28-5)14(9-12)27-4/h8-9H,6-7,10-11H2,1-5H3,(H,20,23)(H,21,25). The Bertz CT molecular complexity index is 735. The first-order chi connectivity index (χ1) is 13.3. The number of carbonyl (C=O) groups excluding carboxylic acids is 3. The summed E-state index contributed by atoms with van der Waals surface area (Å²) in [6.45, 7) is 3.49. The van der Waals surface area contributed by atoms with Crippen LogP contribution in [0.4, 0.5) is 4.79 Å². The van der Waals surface area contributed by atoms with Crippen molar-refractivity contribution in [3.05, 3.63) is 17.7 Å². The van der Waals surface area contributed by atoms with E-state index in [1.54, 1.807) is 12.1 Å². The number of benzene rings is 1. The molecule has 1 fully saturated rings. The molecule has 4 amide bonds. The molecule has 2 N–H and O–H groups in total. The van der Waals surface area contributed by atoms with Gasteiger partial charge in [0.2, 0.25) is 11.7 Å². The highest BCUT2D eigenvalue weighted by Crippen LogP contribution is 2.38. The van der Waals surface area contributed by atoms with Crippen molar-refractivity contribution in [3.8, 4) is 17.2 Å². The molecule has 9 heteroatoms. The zero-order valence-corrected chi connectivity index (χ0v) is 16.9. The minimum absolute atomic E-state index is 0.173. The van der Waals surface area contributed by atoms with Gasteiger partial charge in [-0.15, -0.1) is 0 Å². The average Bonchev–Trinajstić information content (AvgIpc) is 2.95. The molecule has 1 aliphatic heterocycles. The van der Waals surface area contributed by atoms with E-state index >= 15 is 0 Å². The van der Waals surface area contributed by atoms with Gasteiger partial charge in [0.15, 0.2) is 11.5 Å². The van der Waals surface area contributed by atoms with Crippen LogP contribution in [-0.2, 0) is 16.1 Å². The molecule has 1 aromatic rings. The summed E-state index contributed by atoms with van der Waals surface area (Å²) in [5, 5.41) is 5.40. The molecule has 0 aliphatic carbocycles. The number of hydrogen-bond donors (Lipinski definition) is 2. The van der Waals surface area contributed by atoms with Gasteiger partial charge in [-0.05, 0) is 30.5 Å². The van der Waals surface area contributed by atoms with Gasteiger partial charge in [-0.3, -0.25) is 14.5 Å². The van der Waals surface area contributed by atoms with E-state index < -0.39 is 17.5 Å². The fraction of sp³-hybridized carbons (Fsp3) is 0.526. The topological polar surface area (TPSA) is 106 Å². The molecule has 0 aromatic heterocycles. The van der Waals surface area contributed by atoms with Gasteiger partial charge < -0.3 is 24.8 Å². The van der Waals surface area contributed by atoms with Crippen molar-refractivity contribution < 1.29 is 28.6 Å². The van der Waals surface area contributed by atoms with Crippen LogP contribution in [0.15, 0.2) is 12.1 Å². The van der Waals surface area contributed by atoms with Gasteiger partial charge in [0, 0.05) is 6.54 Å². The summed E-state index contributed by atoms with van der Waals surface area (Å²) in [5.41, 5.74) is -0.204. The molecule has 154 valence electrons. The second kappa shape index (κ2) is 8.81. The van der Waals surface area contributed by atoms with Gasteiger partial charge in [-0.1, -0.05) is 13.8 Å². The molecule has 1 saturated heterocycles. The van der Waals surface area contributed by atoms with Gasteiger partial charge in [0.05, 0.1) is 21.3 Å². The SMILES string of the molecule is CCC1(CC)NC(=O)N(CC(=O)NCc2cc(OC)c(OC)c(OC)c2)C1=O. The van der Waals surface area contributed by atoms with E-state index in [0.717, 1.165) is 10.5 Å². The molecule has 1 heterocycles. The van der Waals surface area contributed by atoms with Gasteiger partial charge >= 0.3 is 6.03 Å². The summed E-state index contributed by atoms with van der Waals surface area (Å²) >= 11 is 0. The Morgan fingerprint density at radius 2 is 1.64 bits per heavy atom. The predicted molar refractivity (Wildman–Crippen MR) is 102 cm³/mol. The number of ether oxygens (including phenoxy) is 3. The maximum atomic E-state index is 12.6. The van der Waals surface area contributed by atoms with Crippen LogP contribution in [-0.4, -0.2) is 56.2 Å². The van der Waals surface area contributed by atoms with E-state index in [1.807, 2.05) is 13.8 Å². The van der Waals surface area contributed by atoms with E-state index in [1.165, 1.54) is 21.3 Å². The van der Waals surface area contributed by atoms with Crippen LogP contribution in [0.2, 0.25) is 0 Å². The fourth-order valence-corrected chi connectivity index (χ4v) is 3.19. The maximum absolute atomic E-state index is 12.6. The van der Waals surface area contributed by atoms with E-state index in [4.69, 9.17) is 14.2 Å². The van der Waals surface area contributed by atoms with Crippen LogP contribution in [0.5, 0.6) is 17.2 Å². The van der Waals surface area contributed by atoms with Crippen LogP contribution < -0.4 is 24.8 Å². The Hall–Kier alpha value is -2.97. The van der Waals surface area contributed by atoms with Crippen LogP contribution in [0, 0.1) is 0 Å². The zero-order valence-electron chi connectivity index (χ0n) is 16.9. The largest absolute Gasteiger partial charge is 0.493 e.